The summed E-state index contributed by atoms with van der Waals surface area (Å²) in [5.41, 5.74) is 4.23. The molecule has 1 fully saturated rings. The van der Waals surface area contributed by atoms with Gasteiger partial charge in [-0.2, -0.15) is 9.78 Å². The molecule has 0 radical (unpaired) electrons. The monoisotopic (exact) mass is 359 g/mol. The quantitative estimate of drug-likeness (QED) is 0.598. The van der Waals surface area contributed by atoms with Crippen molar-refractivity contribution < 1.29 is 0 Å². The number of nitrogens with one attached hydrogen (secondary N) is 1. The number of para-hydroxylation sites is 1. The van der Waals surface area contributed by atoms with E-state index in [9.17, 15) is 4.79 Å². The SMILES string of the molecule is CN1CCN(c2ccc3c4nn(-c5ccccc5)c(=O)c-4c[nH]c3c2)CC1. The average molecular weight is 359 g/mol. The summed E-state index contributed by atoms with van der Waals surface area (Å²) in [5, 5.41) is 5.60. The van der Waals surface area contributed by atoms with Gasteiger partial charge < -0.3 is 14.8 Å². The Kier molecular flexibility index (Phi) is 3.72. The highest BCUT2D eigenvalue weighted by Crippen LogP contribution is 2.29. The number of nitrogens with zero attached hydrogens (tertiary/aromatic N) is 4. The van der Waals surface area contributed by atoms with Gasteiger partial charge in [0.05, 0.1) is 11.3 Å². The lowest BCUT2D eigenvalue weighted by atomic mass is 10.1. The van der Waals surface area contributed by atoms with Gasteiger partial charge in [0.15, 0.2) is 0 Å². The van der Waals surface area contributed by atoms with Crippen molar-refractivity contribution >= 4 is 16.6 Å². The van der Waals surface area contributed by atoms with Crippen LogP contribution in [0, 0.1) is 0 Å². The Balaban J connectivity index is 1.61. The van der Waals surface area contributed by atoms with Crippen molar-refractivity contribution in [1.29, 1.82) is 0 Å². The number of hydrogen-bond donors (Lipinski definition) is 1. The zero-order valence-corrected chi connectivity index (χ0v) is 15.2. The summed E-state index contributed by atoms with van der Waals surface area (Å²) in [4.78, 5) is 20.8. The van der Waals surface area contributed by atoms with Crippen LogP contribution in [0.2, 0.25) is 0 Å². The highest BCUT2D eigenvalue weighted by Gasteiger charge is 2.20. The third kappa shape index (κ3) is 2.69. The van der Waals surface area contributed by atoms with E-state index in [0.29, 0.717) is 5.56 Å². The van der Waals surface area contributed by atoms with E-state index >= 15 is 0 Å². The summed E-state index contributed by atoms with van der Waals surface area (Å²) in [6, 6.07) is 15.9. The van der Waals surface area contributed by atoms with Crippen LogP contribution < -0.4 is 10.5 Å². The molecular weight excluding hydrogens is 338 g/mol. The summed E-state index contributed by atoms with van der Waals surface area (Å²) < 4.78 is 1.48. The second-order valence-corrected chi connectivity index (χ2v) is 7.12. The number of aromatic nitrogens is 3. The zero-order valence-electron chi connectivity index (χ0n) is 15.2. The van der Waals surface area contributed by atoms with Gasteiger partial charge in [-0.25, -0.2) is 0 Å². The highest BCUT2D eigenvalue weighted by atomic mass is 16.1. The molecule has 0 atom stereocenters. The fourth-order valence-corrected chi connectivity index (χ4v) is 3.76. The van der Waals surface area contributed by atoms with Gasteiger partial charge in [0.25, 0.3) is 5.56 Å². The minimum Gasteiger partial charge on any atom is -0.369 e. The van der Waals surface area contributed by atoms with E-state index < -0.39 is 0 Å². The van der Waals surface area contributed by atoms with Gasteiger partial charge in [0.1, 0.15) is 5.69 Å². The maximum atomic E-state index is 12.8. The van der Waals surface area contributed by atoms with Crippen LogP contribution in [0.3, 0.4) is 0 Å². The van der Waals surface area contributed by atoms with E-state index in [1.54, 1.807) is 6.20 Å². The molecule has 0 aliphatic carbocycles. The molecular formula is C21H21N5O. The van der Waals surface area contributed by atoms with Crippen LogP contribution in [-0.2, 0) is 0 Å². The zero-order chi connectivity index (χ0) is 18.4. The molecule has 1 saturated heterocycles. The third-order valence-corrected chi connectivity index (χ3v) is 5.38. The molecule has 27 heavy (non-hydrogen) atoms. The van der Waals surface area contributed by atoms with E-state index in [1.165, 1.54) is 10.4 Å². The number of likely N-dealkylation sites (N-methyl/N-ethyl adjacent to an activating group) is 1. The number of piperazine rings is 1. The first-order valence-corrected chi connectivity index (χ1v) is 9.24. The summed E-state index contributed by atoms with van der Waals surface area (Å²) in [6.07, 6.45) is 1.78. The van der Waals surface area contributed by atoms with Gasteiger partial charge >= 0.3 is 0 Å². The summed E-state index contributed by atoms with van der Waals surface area (Å²) in [7, 11) is 2.16. The Morgan fingerprint density at radius 3 is 2.52 bits per heavy atom. The van der Waals surface area contributed by atoms with Gasteiger partial charge in [-0.3, -0.25) is 4.79 Å². The van der Waals surface area contributed by atoms with Crippen molar-refractivity contribution in [2.75, 3.05) is 38.1 Å². The first-order chi connectivity index (χ1) is 13.2. The molecule has 6 nitrogen and oxygen atoms in total. The molecule has 2 aromatic carbocycles. The predicted octanol–water partition coefficient (Wildman–Crippen LogP) is 2.57. The smallest absolute Gasteiger partial charge is 0.282 e. The topological polar surface area (TPSA) is 57.2 Å². The Bertz CT molecular complexity index is 1120. The molecule has 3 aliphatic rings. The molecule has 0 amide bonds. The van der Waals surface area contributed by atoms with E-state index in [-0.39, 0.29) is 5.56 Å². The number of hydrogen-bond acceptors (Lipinski definition) is 4. The fourth-order valence-electron chi connectivity index (χ4n) is 3.76. The molecule has 3 aliphatic heterocycles. The largest absolute Gasteiger partial charge is 0.369 e. The molecule has 0 saturated carbocycles. The number of rotatable bonds is 2. The van der Waals surface area contributed by atoms with Gasteiger partial charge in [-0.1, -0.05) is 18.2 Å². The number of pyridine rings is 1. The summed E-state index contributed by atoms with van der Waals surface area (Å²) in [6.45, 7) is 4.19. The maximum absolute atomic E-state index is 12.8. The van der Waals surface area contributed by atoms with Crippen molar-refractivity contribution in [1.82, 2.24) is 19.7 Å². The van der Waals surface area contributed by atoms with Crippen LogP contribution in [0.5, 0.6) is 0 Å². The Hall–Kier alpha value is -3.12. The minimum atomic E-state index is -0.0995. The Morgan fingerprint density at radius 1 is 0.963 bits per heavy atom. The first kappa shape index (κ1) is 16.1. The third-order valence-electron chi connectivity index (χ3n) is 5.38. The lowest BCUT2D eigenvalue weighted by molar-refractivity contribution is 0.313. The summed E-state index contributed by atoms with van der Waals surface area (Å²) >= 11 is 0. The van der Waals surface area contributed by atoms with Gasteiger partial charge in [-0.15, -0.1) is 0 Å². The van der Waals surface area contributed by atoms with Crippen LogP contribution in [-0.4, -0.2) is 52.9 Å². The van der Waals surface area contributed by atoms with Crippen LogP contribution in [0.4, 0.5) is 5.69 Å². The van der Waals surface area contributed by atoms with Gasteiger partial charge in [0.2, 0.25) is 0 Å². The lowest BCUT2D eigenvalue weighted by Gasteiger charge is -2.34. The summed E-state index contributed by atoms with van der Waals surface area (Å²) in [5.74, 6) is 0. The molecule has 0 spiro atoms. The molecule has 6 heteroatoms. The van der Waals surface area contributed by atoms with E-state index in [1.807, 2.05) is 30.3 Å². The minimum absolute atomic E-state index is 0.0995. The van der Waals surface area contributed by atoms with Crippen molar-refractivity contribution in [3.05, 3.63) is 65.1 Å². The van der Waals surface area contributed by atoms with Crippen molar-refractivity contribution in [2.24, 2.45) is 0 Å². The standard InChI is InChI=1S/C21H21N5O/c1-24-9-11-25(12-10-24)16-7-8-17-19(13-16)22-14-18-20(17)23-26(21(18)27)15-5-3-2-4-6-15/h2-8,13-14,22H,9-12H2,1H3. The number of aromatic amines is 1. The normalized spacial score (nSPS) is 15.7. The van der Waals surface area contributed by atoms with E-state index in [4.69, 9.17) is 0 Å². The van der Waals surface area contributed by atoms with Gasteiger partial charge in [-0.05, 0) is 37.4 Å². The first-order valence-electron chi connectivity index (χ1n) is 9.24. The second-order valence-electron chi connectivity index (χ2n) is 7.12. The van der Waals surface area contributed by atoms with Crippen LogP contribution >= 0.6 is 0 Å². The van der Waals surface area contributed by atoms with Crippen molar-refractivity contribution in [2.45, 2.75) is 0 Å². The molecule has 0 bridgehead atoms. The van der Waals surface area contributed by atoms with Crippen molar-refractivity contribution in [3.8, 4) is 16.9 Å². The molecule has 2 aromatic rings. The average Bonchev–Trinajstić information content (AvgIpc) is 3.06. The van der Waals surface area contributed by atoms with E-state index in [0.717, 1.165) is 48.5 Å². The van der Waals surface area contributed by atoms with Crippen LogP contribution in [0.25, 0.3) is 27.8 Å². The van der Waals surface area contributed by atoms with Crippen molar-refractivity contribution in [3.63, 3.8) is 0 Å². The molecule has 1 N–H and O–H groups in total. The number of anilines is 1. The number of H-pyrrole nitrogens is 1. The predicted molar refractivity (Wildman–Crippen MR) is 108 cm³/mol. The number of fused-ring (bicyclic) bond motifs is 3. The maximum Gasteiger partial charge on any atom is 0.282 e. The molecule has 136 valence electrons. The molecule has 0 unspecified atom stereocenters. The molecule has 3 heterocycles. The lowest BCUT2D eigenvalue weighted by Crippen LogP contribution is -2.44. The fraction of sp³-hybridized carbons (Fsp3) is 0.238. The Morgan fingerprint density at radius 2 is 1.74 bits per heavy atom. The van der Waals surface area contributed by atoms with Crippen LogP contribution in [0.1, 0.15) is 0 Å². The van der Waals surface area contributed by atoms with E-state index in [2.05, 4.69) is 45.1 Å². The highest BCUT2D eigenvalue weighted by molar-refractivity contribution is 5.95. The molecule has 0 aromatic heterocycles. The Labute approximate surface area is 157 Å². The van der Waals surface area contributed by atoms with Gasteiger partial charge in [0, 0.05) is 49.0 Å². The number of benzene rings is 2. The van der Waals surface area contributed by atoms with Crippen LogP contribution in [0.15, 0.2) is 59.5 Å². The second kappa shape index (κ2) is 6.25. The molecule has 5 rings (SSSR count).